The molecule has 0 unspecified atom stereocenters. The van der Waals surface area contributed by atoms with Gasteiger partial charge in [-0.2, -0.15) is 4.98 Å². The molecule has 0 saturated heterocycles. The number of benzene rings is 1. The predicted molar refractivity (Wildman–Crippen MR) is 73.0 cm³/mol. The van der Waals surface area contributed by atoms with Crippen LogP contribution in [0.2, 0.25) is 5.02 Å². The first-order valence-electron chi connectivity index (χ1n) is 6.08. The molecule has 0 saturated carbocycles. The van der Waals surface area contributed by atoms with Gasteiger partial charge in [0.1, 0.15) is 12.4 Å². The van der Waals surface area contributed by atoms with E-state index >= 15 is 0 Å². The molecule has 0 fully saturated rings. The van der Waals surface area contributed by atoms with Gasteiger partial charge >= 0.3 is 0 Å². The first-order valence-corrected chi connectivity index (χ1v) is 6.46. The van der Waals surface area contributed by atoms with Gasteiger partial charge in [0.25, 0.3) is 0 Å². The van der Waals surface area contributed by atoms with Crippen LogP contribution in [0.3, 0.4) is 0 Å². The van der Waals surface area contributed by atoms with Crippen molar-refractivity contribution >= 4 is 11.6 Å². The highest BCUT2D eigenvalue weighted by Crippen LogP contribution is 2.26. The molecular formula is C14H13ClN2O2. The molecule has 1 aromatic heterocycles. The average molecular weight is 277 g/mol. The Labute approximate surface area is 116 Å². The third kappa shape index (κ3) is 2.97. The van der Waals surface area contributed by atoms with Gasteiger partial charge in [0, 0.05) is 29.7 Å². The predicted octanol–water partition coefficient (Wildman–Crippen LogP) is 3.01. The number of nitrogens with zero attached hydrogens (tertiary/aromatic N) is 1. The topological polar surface area (TPSA) is 43.4 Å². The van der Waals surface area contributed by atoms with Crippen molar-refractivity contribution in [2.75, 3.05) is 13.2 Å². The highest BCUT2D eigenvalue weighted by Gasteiger charge is 2.11. The number of rotatable bonds is 2. The number of halogens is 1. The van der Waals surface area contributed by atoms with Gasteiger partial charge in [-0.25, -0.2) is 0 Å². The summed E-state index contributed by atoms with van der Waals surface area (Å²) in [6, 6.07) is 11.0. The fourth-order valence-corrected chi connectivity index (χ4v) is 1.96. The minimum atomic E-state index is 0.517. The third-order valence-corrected chi connectivity index (χ3v) is 3.03. The largest absolute Gasteiger partial charge is 0.476 e. The number of nitrogens with one attached hydrogen (secondary N) is 1. The van der Waals surface area contributed by atoms with Crippen LogP contribution in [0.5, 0.6) is 17.5 Å². The van der Waals surface area contributed by atoms with Gasteiger partial charge in [0.05, 0.1) is 0 Å². The van der Waals surface area contributed by atoms with Gasteiger partial charge in [-0.15, -0.1) is 0 Å². The number of hydrogen-bond donors (Lipinski definition) is 1. The lowest BCUT2D eigenvalue weighted by Crippen LogP contribution is -2.16. The van der Waals surface area contributed by atoms with Gasteiger partial charge in [-0.05, 0) is 30.3 Å². The lowest BCUT2D eigenvalue weighted by Gasteiger charge is -2.09. The average Bonchev–Trinajstić information content (AvgIpc) is 2.66. The first-order chi connectivity index (χ1) is 9.31. The van der Waals surface area contributed by atoms with Crippen molar-refractivity contribution in [1.29, 1.82) is 0 Å². The minimum Gasteiger partial charge on any atom is -0.476 e. The van der Waals surface area contributed by atoms with Gasteiger partial charge < -0.3 is 14.8 Å². The molecule has 19 heavy (non-hydrogen) atoms. The maximum Gasteiger partial charge on any atom is 0.222 e. The standard InChI is InChI=1S/C14H13ClN2O2/c15-11-2-4-12(5-3-11)19-13-6-1-10-9-16-7-8-18-14(10)17-13/h1-6,16H,7-9H2. The number of hydrogen-bond acceptors (Lipinski definition) is 4. The normalized spacial score (nSPS) is 14.2. The summed E-state index contributed by atoms with van der Waals surface area (Å²) in [5.74, 6) is 1.85. The summed E-state index contributed by atoms with van der Waals surface area (Å²) in [4.78, 5) is 4.37. The maximum absolute atomic E-state index is 5.83. The Morgan fingerprint density at radius 1 is 1.16 bits per heavy atom. The van der Waals surface area contributed by atoms with Crippen molar-refractivity contribution < 1.29 is 9.47 Å². The first kappa shape index (κ1) is 12.3. The second-order valence-corrected chi connectivity index (χ2v) is 4.63. The zero-order chi connectivity index (χ0) is 13.1. The fraction of sp³-hybridized carbons (Fsp3) is 0.214. The van der Waals surface area contributed by atoms with Crippen LogP contribution in [0.4, 0.5) is 0 Å². The molecule has 1 N–H and O–H groups in total. The van der Waals surface area contributed by atoms with E-state index in [9.17, 15) is 0 Å². The SMILES string of the molecule is Clc1ccc(Oc2ccc3c(n2)OCCNC3)cc1. The molecule has 4 nitrogen and oxygen atoms in total. The third-order valence-electron chi connectivity index (χ3n) is 2.78. The molecule has 3 rings (SSSR count). The fourth-order valence-electron chi connectivity index (χ4n) is 1.83. The maximum atomic E-state index is 5.83. The zero-order valence-corrected chi connectivity index (χ0v) is 11.0. The highest BCUT2D eigenvalue weighted by atomic mass is 35.5. The number of fused-ring (bicyclic) bond motifs is 1. The van der Waals surface area contributed by atoms with E-state index in [2.05, 4.69) is 10.3 Å². The Morgan fingerprint density at radius 2 is 2.00 bits per heavy atom. The van der Waals surface area contributed by atoms with Gasteiger partial charge in [0.2, 0.25) is 11.8 Å². The Hall–Kier alpha value is -1.78. The zero-order valence-electron chi connectivity index (χ0n) is 10.2. The van der Waals surface area contributed by atoms with E-state index in [0.29, 0.717) is 29.1 Å². The summed E-state index contributed by atoms with van der Waals surface area (Å²) < 4.78 is 11.2. The highest BCUT2D eigenvalue weighted by molar-refractivity contribution is 6.30. The molecule has 0 radical (unpaired) electrons. The summed E-state index contributed by atoms with van der Waals surface area (Å²) in [5.41, 5.74) is 1.04. The second kappa shape index (κ2) is 5.47. The van der Waals surface area contributed by atoms with Crippen LogP contribution < -0.4 is 14.8 Å². The smallest absolute Gasteiger partial charge is 0.222 e. The molecule has 0 bridgehead atoms. The van der Waals surface area contributed by atoms with E-state index in [1.165, 1.54) is 0 Å². The van der Waals surface area contributed by atoms with E-state index in [1.54, 1.807) is 24.3 Å². The minimum absolute atomic E-state index is 0.517. The molecule has 0 amide bonds. The van der Waals surface area contributed by atoms with Crippen molar-refractivity contribution in [2.24, 2.45) is 0 Å². The lowest BCUT2D eigenvalue weighted by molar-refractivity contribution is 0.309. The molecular weight excluding hydrogens is 264 g/mol. The van der Waals surface area contributed by atoms with E-state index < -0.39 is 0 Å². The van der Waals surface area contributed by atoms with Crippen molar-refractivity contribution in [2.45, 2.75) is 6.54 Å². The number of ether oxygens (including phenoxy) is 2. The van der Waals surface area contributed by atoms with Gasteiger partial charge in [-0.1, -0.05) is 11.6 Å². The van der Waals surface area contributed by atoms with Crippen LogP contribution in [0.25, 0.3) is 0 Å². The summed E-state index contributed by atoms with van der Waals surface area (Å²) in [7, 11) is 0. The molecule has 2 heterocycles. The molecule has 1 aliphatic rings. The van der Waals surface area contributed by atoms with Crippen LogP contribution in [0.15, 0.2) is 36.4 Å². The summed E-state index contributed by atoms with van der Waals surface area (Å²) in [6.45, 7) is 2.21. The lowest BCUT2D eigenvalue weighted by atomic mass is 10.2. The van der Waals surface area contributed by atoms with Gasteiger partial charge in [-0.3, -0.25) is 0 Å². The van der Waals surface area contributed by atoms with Crippen molar-refractivity contribution in [3.63, 3.8) is 0 Å². The van der Waals surface area contributed by atoms with E-state index in [-0.39, 0.29) is 0 Å². The molecule has 0 atom stereocenters. The van der Waals surface area contributed by atoms with Crippen molar-refractivity contribution in [3.8, 4) is 17.5 Å². The van der Waals surface area contributed by atoms with Crippen LogP contribution in [0, 0.1) is 0 Å². The van der Waals surface area contributed by atoms with Crippen LogP contribution in [-0.2, 0) is 6.54 Å². The number of pyridine rings is 1. The Kier molecular flexibility index (Phi) is 3.53. The van der Waals surface area contributed by atoms with Crippen LogP contribution >= 0.6 is 11.6 Å². The number of aromatic nitrogens is 1. The molecule has 1 aromatic carbocycles. The van der Waals surface area contributed by atoms with E-state index in [1.807, 2.05) is 12.1 Å². The van der Waals surface area contributed by atoms with Crippen LogP contribution in [0.1, 0.15) is 5.56 Å². The van der Waals surface area contributed by atoms with Gasteiger partial charge in [0.15, 0.2) is 0 Å². The van der Waals surface area contributed by atoms with E-state index in [4.69, 9.17) is 21.1 Å². The van der Waals surface area contributed by atoms with Crippen LogP contribution in [-0.4, -0.2) is 18.1 Å². The molecule has 0 spiro atoms. The Bertz CT molecular complexity index is 572. The molecule has 1 aliphatic heterocycles. The van der Waals surface area contributed by atoms with E-state index in [0.717, 1.165) is 18.7 Å². The molecule has 0 aliphatic carbocycles. The monoisotopic (exact) mass is 276 g/mol. The Morgan fingerprint density at radius 3 is 2.84 bits per heavy atom. The Balaban J connectivity index is 1.81. The van der Waals surface area contributed by atoms with Crippen molar-refractivity contribution in [3.05, 3.63) is 47.0 Å². The summed E-state index contributed by atoms with van der Waals surface area (Å²) >= 11 is 5.83. The summed E-state index contributed by atoms with van der Waals surface area (Å²) in [6.07, 6.45) is 0. The second-order valence-electron chi connectivity index (χ2n) is 4.19. The van der Waals surface area contributed by atoms with Crippen molar-refractivity contribution in [1.82, 2.24) is 10.3 Å². The summed E-state index contributed by atoms with van der Waals surface area (Å²) in [5, 5.41) is 3.94. The molecule has 98 valence electrons. The molecule has 2 aromatic rings. The quantitative estimate of drug-likeness (QED) is 0.916. The molecule has 5 heteroatoms.